The highest BCUT2D eigenvalue weighted by Crippen LogP contribution is 2.37. The van der Waals surface area contributed by atoms with E-state index in [2.05, 4.69) is 42.1 Å². The zero-order chi connectivity index (χ0) is 21.9. The van der Waals surface area contributed by atoms with Gasteiger partial charge in [-0.2, -0.15) is 13.2 Å². The number of aromatic nitrogens is 2. The van der Waals surface area contributed by atoms with E-state index in [1.54, 1.807) is 24.3 Å². The van der Waals surface area contributed by atoms with E-state index in [-0.39, 0.29) is 23.0 Å². The van der Waals surface area contributed by atoms with Gasteiger partial charge >= 0.3 is 6.18 Å². The number of alkyl halides is 3. The molecule has 0 spiro atoms. The molecule has 0 fully saturated rings. The van der Waals surface area contributed by atoms with Gasteiger partial charge < -0.3 is 11.1 Å². The van der Waals surface area contributed by atoms with E-state index in [1.165, 1.54) is 6.07 Å². The maximum Gasteiger partial charge on any atom is 0.417 e. The molecular formula is C18H13BrClF3N6O. The minimum Gasteiger partial charge on any atom is -0.393 e. The van der Waals surface area contributed by atoms with Crippen LogP contribution in [0.15, 0.2) is 53.3 Å². The molecule has 3 rings (SSSR count). The van der Waals surface area contributed by atoms with Crippen molar-refractivity contribution in [2.45, 2.75) is 6.18 Å². The summed E-state index contributed by atoms with van der Waals surface area (Å²) in [4.78, 5) is 20.0. The molecule has 12 heteroatoms. The lowest BCUT2D eigenvalue weighted by molar-refractivity contribution is -0.137. The summed E-state index contributed by atoms with van der Waals surface area (Å²) in [7, 11) is 0. The first-order valence-corrected chi connectivity index (χ1v) is 9.38. The Balaban J connectivity index is 1.75. The molecule has 1 aromatic heterocycles. The molecule has 0 saturated heterocycles. The maximum absolute atomic E-state index is 13.0. The summed E-state index contributed by atoms with van der Waals surface area (Å²) in [5, 5.41) is 2.26. The Bertz CT molecular complexity index is 1080. The van der Waals surface area contributed by atoms with Gasteiger partial charge in [-0.05, 0) is 42.5 Å². The van der Waals surface area contributed by atoms with Crippen molar-refractivity contribution in [1.82, 2.24) is 15.4 Å². The van der Waals surface area contributed by atoms with Crippen molar-refractivity contribution in [3.8, 4) is 0 Å². The van der Waals surface area contributed by atoms with Crippen LogP contribution in [0.3, 0.4) is 0 Å². The number of nitrogens with one attached hydrogen (secondary N) is 3. The van der Waals surface area contributed by atoms with Crippen LogP contribution in [0.4, 0.5) is 36.2 Å². The van der Waals surface area contributed by atoms with Crippen molar-refractivity contribution in [2.24, 2.45) is 0 Å². The van der Waals surface area contributed by atoms with Crippen LogP contribution in [0.1, 0.15) is 15.9 Å². The SMILES string of the molecule is Nc1c(NNC(=O)c2ccc(Br)cc2)ncnc1Nc1ccc(Cl)c(C(F)(F)F)c1. The number of nitrogen functional groups attached to an aromatic ring is 1. The van der Waals surface area contributed by atoms with Gasteiger partial charge in [0.1, 0.15) is 12.0 Å². The number of amides is 1. The molecule has 7 nitrogen and oxygen atoms in total. The number of benzene rings is 2. The molecule has 0 saturated carbocycles. The molecule has 0 unspecified atom stereocenters. The van der Waals surface area contributed by atoms with Crippen LogP contribution in [-0.2, 0) is 6.18 Å². The number of hydrogen-bond donors (Lipinski definition) is 4. The number of halogens is 5. The number of hydrogen-bond acceptors (Lipinski definition) is 6. The first kappa shape index (κ1) is 21.7. The molecule has 3 aromatic rings. The Morgan fingerprint density at radius 3 is 2.40 bits per heavy atom. The Hall–Kier alpha value is -3.05. The summed E-state index contributed by atoms with van der Waals surface area (Å²) in [5.41, 5.74) is 10.4. The Labute approximate surface area is 182 Å². The molecule has 2 aromatic carbocycles. The van der Waals surface area contributed by atoms with E-state index in [9.17, 15) is 18.0 Å². The largest absolute Gasteiger partial charge is 0.417 e. The van der Waals surface area contributed by atoms with Crippen LogP contribution in [-0.4, -0.2) is 15.9 Å². The lowest BCUT2D eigenvalue weighted by Crippen LogP contribution is -2.30. The highest BCUT2D eigenvalue weighted by molar-refractivity contribution is 9.10. The molecular weight excluding hydrogens is 489 g/mol. The van der Waals surface area contributed by atoms with Crippen LogP contribution >= 0.6 is 27.5 Å². The zero-order valence-corrected chi connectivity index (χ0v) is 17.2. The van der Waals surface area contributed by atoms with Gasteiger partial charge in [-0.25, -0.2) is 9.97 Å². The second kappa shape index (κ2) is 8.76. The van der Waals surface area contributed by atoms with Crippen molar-refractivity contribution in [3.05, 3.63) is 69.4 Å². The third kappa shape index (κ3) is 5.10. The molecule has 0 atom stereocenters. The van der Waals surface area contributed by atoms with E-state index in [0.717, 1.165) is 22.9 Å². The Kier molecular flexibility index (Phi) is 6.32. The fraction of sp³-hybridized carbons (Fsp3) is 0.0556. The van der Waals surface area contributed by atoms with Gasteiger partial charge in [-0.15, -0.1) is 0 Å². The first-order valence-electron chi connectivity index (χ1n) is 8.21. The van der Waals surface area contributed by atoms with Crippen LogP contribution in [0.2, 0.25) is 5.02 Å². The highest BCUT2D eigenvalue weighted by atomic mass is 79.9. The number of rotatable bonds is 5. The quantitative estimate of drug-likeness (QED) is 0.367. The third-order valence-electron chi connectivity index (χ3n) is 3.82. The Morgan fingerprint density at radius 2 is 1.73 bits per heavy atom. The molecule has 1 heterocycles. The summed E-state index contributed by atoms with van der Waals surface area (Å²) < 4.78 is 39.9. The van der Waals surface area contributed by atoms with Crippen LogP contribution in [0.5, 0.6) is 0 Å². The Morgan fingerprint density at radius 1 is 1.07 bits per heavy atom. The fourth-order valence-corrected chi connectivity index (χ4v) is 2.83. The van der Waals surface area contributed by atoms with Crippen molar-refractivity contribution >= 4 is 56.4 Å². The van der Waals surface area contributed by atoms with E-state index in [0.29, 0.717) is 5.56 Å². The summed E-state index contributed by atoms with van der Waals surface area (Å²) >= 11 is 8.90. The van der Waals surface area contributed by atoms with Crippen LogP contribution < -0.4 is 21.9 Å². The molecule has 5 N–H and O–H groups in total. The number of anilines is 4. The second-order valence-electron chi connectivity index (χ2n) is 5.89. The molecule has 1 amide bonds. The van der Waals surface area contributed by atoms with E-state index in [4.69, 9.17) is 17.3 Å². The van der Waals surface area contributed by atoms with Gasteiger partial charge in [0.05, 0.1) is 10.6 Å². The van der Waals surface area contributed by atoms with E-state index in [1.807, 2.05) is 0 Å². The zero-order valence-electron chi connectivity index (χ0n) is 14.9. The second-order valence-corrected chi connectivity index (χ2v) is 7.21. The van der Waals surface area contributed by atoms with Crippen molar-refractivity contribution in [1.29, 1.82) is 0 Å². The van der Waals surface area contributed by atoms with Crippen LogP contribution in [0, 0.1) is 0 Å². The maximum atomic E-state index is 13.0. The van der Waals surface area contributed by atoms with Gasteiger partial charge in [-0.1, -0.05) is 27.5 Å². The van der Waals surface area contributed by atoms with Crippen molar-refractivity contribution < 1.29 is 18.0 Å². The fourth-order valence-electron chi connectivity index (χ4n) is 2.34. The number of carbonyl (C=O) groups is 1. The molecule has 0 bridgehead atoms. The van der Waals surface area contributed by atoms with Crippen molar-refractivity contribution in [2.75, 3.05) is 16.5 Å². The topological polar surface area (TPSA) is 105 Å². The number of nitrogens with zero attached hydrogens (tertiary/aromatic N) is 2. The molecule has 0 aliphatic rings. The van der Waals surface area contributed by atoms with Gasteiger partial charge in [0.25, 0.3) is 5.91 Å². The molecule has 0 aliphatic carbocycles. The minimum atomic E-state index is -4.62. The van der Waals surface area contributed by atoms with E-state index >= 15 is 0 Å². The van der Waals surface area contributed by atoms with Gasteiger partial charge in [0.15, 0.2) is 11.6 Å². The number of carbonyl (C=O) groups excluding carboxylic acids is 1. The van der Waals surface area contributed by atoms with Gasteiger partial charge in [-0.3, -0.25) is 15.6 Å². The number of hydrazine groups is 1. The summed E-state index contributed by atoms with van der Waals surface area (Å²) in [6.07, 6.45) is -3.48. The highest BCUT2D eigenvalue weighted by Gasteiger charge is 2.33. The normalized spacial score (nSPS) is 11.1. The summed E-state index contributed by atoms with van der Waals surface area (Å²) in [6.45, 7) is 0. The first-order chi connectivity index (χ1) is 14.1. The molecule has 0 radical (unpaired) electrons. The summed E-state index contributed by atoms with van der Waals surface area (Å²) in [6, 6.07) is 9.93. The summed E-state index contributed by atoms with van der Waals surface area (Å²) in [5.74, 6) is -0.341. The average Bonchev–Trinajstić information content (AvgIpc) is 2.69. The lowest BCUT2D eigenvalue weighted by Gasteiger charge is -2.15. The van der Waals surface area contributed by atoms with Crippen molar-refractivity contribution in [3.63, 3.8) is 0 Å². The third-order valence-corrected chi connectivity index (χ3v) is 4.68. The minimum absolute atomic E-state index is 0.0166. The van der Waals surface area contributed by atoms with Gasteiger partial charge in [0, 0.05) is 15.7 Å². The molecule has 156 valence electrons. The average molecular weight is 502 g/mol. The molecule has 30 heavy (non-hydrogen) atoms. The smallest absolute Gasteiger partial charge is 0.393 e. The van der Waals surface area contributed by atoms with Gasteiger partial charge in [0.2, 0.25) is 0 Å². The molecule has 0 aliphatic heterocycles. The number of nitrogens with two attached hydrogens (primary N) is 1. The standard InChI is InChI=1S/C18H13BrClF3N6O/c19-10-3-1-9(2-4-10)17(30)29-28-16-14(24)15(25-8-26-16)27-11-5-6-13(20)12(7-11)18(21,22)23/h1-8H,24H2,(H,29,30)(H2,25,26,27,28). The predicted molar refractivity (Wildman–Crippen MR) is 111 cm³/mol. The predicted octanol–water partition coefficient (Wildman–Crippen LogP) is 4.99. The van der Waals surface area contributed by atoms with E-state index < -0.39 is 22.7 Å². The lowest BCUT2D eigenvalue weighted by atomic mass is 10.2. The monoisotopic (exact) mass is 500 g/mol. The van der Waals surface area contributed by atoms with Crippen LogP contribution in [0.25, 0.3) is 0 Å².